The van der Waals surface area contributed by atoms with Crippen LogP contribution in [-0.4, -0.2) is 5.91 Å². The fraction of sp³-hybridized carbons (Fsp3) is 0.0714. The van der Waals surface area contributed by atoms with Gasteiger partial charge in [-0.05, 0) is 31.2 Å². The molecular formula is C14H15ClN2O. The van der Waals surface area contributed by atoms with E-state index < -0.39 is 0 Å². The van der Waals surface area contributed by atoms with Crippen LogP contribution in [0.4, 0.5) is 5.69 Å². The molecule has 0 aliphatic rings. The fourth-order valence-corrected chi connectivity index (χ4v) is 1.54. The van der Waals surface area contributed by atoms with Crippen LogP contribution in [0.5, 0.6) is 0 Å². The molecule has 0 saturated heterocycles. The maximum Gasteiger partial charge on any atom is 0.272 e. The Hall–Kier alpha value is -1.84. The topological polar surface area (TPSA) is 46.3 Å². The molecule has 2 N–H and O–H groups in total. The molecule has 0 bridgehead atoms. The molecule has 2 rings (SSSR count). The van der Waals surface area contributed by atoms with Crippen LogP contribution in [0.25, 0.3) is 0 Å². The van der Waals surface area contributed by atoms with Crippen LogP contribution in [-0.2, 0) is 0 Å². The quantitative estimate of drug-likeness (QED) is 0.514. The molecule has 94 valence electrons. The highest BCUT2D eigenvalue weighted by molar-refractivity contribution is 6.05. The van der Waals surface area contributed by atoms with Gasteiger partial charge in [0.15, 0.2) is 0 Å². The van der Waals surface area contributed by atoms with E-state index in [1.54, 1.807) is 12.1 Å². The van der Waals surface area contributed by atoms with Gasteiger partial charge in [-0.3, -0.25) is 4.79 Å². The van der Waals surface area contributed by atoms with Crippen molar-refractivity contribution < 1.29 is 4.79 Å². The number of benzene rings is 2. The Morgan fingerprint density at radius 2 is 1.56 bits per heavy atom. The van der Waals surface area contributed by atoms with Crippen molar-refractivity contribution in [2.45, 2.75) is 6.92 Å². The second kappa shape index (κ2) is 6.19. The van der Waals surface area contributed by atoms with E-state index in [0.717, 1.165) is 10.6 Å². The zero-order chi connectivity index (χ0) is 12.3. The van der Waals surface area contributed by atoms with Crippen molar-refractivity contribution in [3.63, 3.8) is 0 Å². The lowest BCUT2D eigenvalue weighted by molar-refractivity contribution is 0.0987. The van der Waals surface area contributed by atoms with E-state index in [1.165, 1.54) is 0 Å². The lowest BCUT2D eigenvalue weighted by Gasteiger charge is -2.16. The molecular weight excluding hydrogens is 248 g/mol. The van der Waals surface area contributed by atoms with Crippen molar-refractivity contribution in [2.75, 3.05) is 5.01 Å². The summed E-state index contributed by atoms with van der Waals surface area (Å²) in [5.41, 5.74) is 2.40. The van der Waals surface area contributed by atoms with Gasteiger partial charge in [0.25, 0.3) is 5.91 Å². The third-order valence-electron chi connectivity index (χ3n) is 2.55. The standard InChI is InChI=1S/C14H14N2O.ClH/c1-11-7-9-13(10-8-11)16(15)14(17)12-5-3-2-4-6-12;/h2-10H,15H2,1H3;1H. The maximum absolute atomic E-state index is 12.0. The first kappa shape index (κ1) is 14.2. The molecule has 0 spiro atoms. The SMILES string of the molecule is Cc1ccc(N(N)C(=O)c2ccccc2)cc1.Cl. The fourth-order valence-electron chi connectivity index (χ4n) is 1.54. The van der Waals surface area contributed by atoms with Crippen molar-refractivity contribution in [3.05, 3.63) is 65.7 Å². The maximum atomic E-state index is 12.0. The van der Waals surface area contributed by atoms with E-state index in [0.29, 0.717) is 11.3 Å². The van der Waals surface area contributed by atoms with Gasteiger partial charge in [-0.2, -0.15) is 0 Å². The highest BCUT2D eigenvalue weighted by atomic mass is 35.5. The van der Waals surface area contributed by atoms with E-state index >= 15 is 0 Å². The highest BCUT2D eigenvalue weighted by Gasteiger charge is 2.13. The molecule has 3 nitrogen and oxygen atoms in total. The molecule has 0 radical (unpaired) electrons. The van der Waals surface area contributed by atoms with Crippen LogP contribution in [0.15, 0.2) is 54.6 Å². The van der Waals surface area contributed by atoms with Gasteiger partial charge in [-0.1, -0.05) is 35.9 Å². The third-order valence-corrected chi connectivity index (χ3v) is 2.55. The molecule has 0 aliphatic carbocycles. The number of halogens is 1. The highest BCUT2D eigenvalue weighted by Crippen LogP contribution is 2.14. The summed E-state index contributed by atoms with van der Waals surface area (Å²) in [6.07, 6.45) is 0. The summed E-state index contributed by atoms with van der Waals surface area (Å²) in [5, 5.41) is 1.16. The summed E-state index contributed by atoms with van der Waals surface area (Å²) < 4.78 is 0. The van der Waals surface area contributed by atoms with Gasteiger partial charge < -0.3 is 0 Å². The molecule has 2 aromatic rings. The molecule has 0 heterocycles. The van der Waals surface area contributed by atoms with Crippen molar-refractivity contribution in [1.29, 1.82) is 0 Å². The number of hydrazine groups is 1. The molecule has 0 aromatic heterocycles. The van der Waals surface area contributed by atoms with Crippen molar-refractivity contribution in [3.8, 4) is 0 Å². The molecule has 0 unspecified atom stereocenters. The number of anilines is 1. The first-order valence-electron chi connectivity index (χ1n) is 5.39. The zero-order valence-corrected chi connectivity index (χ0v) is 10.9. The number of hydrogen-bond acceptors (Lipinski definition) is 2. The Bertz CT molecular complexity index is 511. The number of carbonyl (C=O) groups excluding carboxylic acids is 1. The normalized spacial score (nSPS) is 9.44. The summed E-state index contributed by atoms with van der Waals surface area (Å²) in [6.45, 7) is 1.99. The summed E-state index contributed by atoms with van der Waals surface area (Å²) in [7, 11) is 0. The predicted molar refractivity (Wildman–Crippen MR) is 75.9 cm³/mol. The minimum Gasteiger partial charge on any atom is -0.267 e. The minimum absolute atomic E-state index is 0. The number of amides is 1. The van der Waals surface area contributed by atoms with Gasteiger partial charge in [-0.15, -0.1) is 12.4 Å². The zero-order valence-electron chi connectivity index (χ0n) is 10.0. The Kier molecular flexibility index (Phi) is 4.89. The number of nitrogens with two attached hydrogens (primary N) is 1. The first-order chi connectivity index (χ1) is 8.18. The predicted octanol–water partition coefficient (Wildman–Crippen LogP) is 2.94. The van der Waals surface area contributed by atoms with E-state index in [2.05, 4.69) is 0 Å². The molecule has 18 heavy (non-hydrogen) atoms. The Balaban J connectivity index is 0.00000162. The molecule has 2 aromatic carbocycles. The molecule has 4 heteroatoms. The lowest BCUT2D eigenvalue weighted by Crippen LogP contribution is -2.37. The van der Waals surface area contributed by atoms with Crippen LogP contribution in [0, 0.1) is 6.92 Å². The largest absolute Gasteiger partial charge is 0.272 e. The number of aryl methyl sites for hydroxylation is 1. The Morgan fingerprint density at radius 1 is 1.00 bits per heavy atom. The summed E-state index contributed by atoms with van der Waals surface area (Å²) in [4.78, 5) is 12.0. The molecule has 0 fully saturated rings. The van der Waals surface area contributed by atoms with Gasteiger partial charge >= 0.3 is 0 Å². The van der Waals surface area contributed by atoms with Crippen LogP contribution >= 0.6 is 12.4 Å². The van der Waals surface area contributed by atoms with Crippen LogP contribution in [0.3, 0.4) is 0 Å². The minimum atomic E-state index is -0.213. The molecule has 1 amide bonds. The van der Waals surface area contributed by atoms with Crippen molar-refractivity contribution in [1.82, 2.24) is 0 Å². The van der Waals surface area contributed by atoms with Gasteiger partial charge in [-0.25, -0.2) is 10.9 Å². The van der Waals surface area contributed by atoms with Crippen LogP contribution in [0.1, 0.15) is 15.9 Å². The van der Waals surface area contributed by atoms with Crippen molar-refractivity contribution in [2.24, 2.45) is 5.84 Å². The van der Waals surface area contributed by atoms with Gasteiger partial charge in [0, 0.05) is 5.56 Å². The van der Waals surface area contributed by atoms with Gasteiger partial charge in [0.1, 0.15) is 0 Å². The van der Waals surface area contributed by atoms with Gasteiger partial charge in [0.05, 0.1) is 5.69 Å². The molecule has 0 aliphatic heterocycles. The molecule has 0 saturated carbocycles. The monoisotopic (exact) mass is 262 g/mol. The second-order valence-corrected chi connectivity index (χ2v) is 3.88. The number of rotatable bonds is 2. The lowest BCUT2D eigenvalue weighted by atomic mass is 10.2. The Labute approximate surface area is 113 Å². The average Bonchev–Trinajstić information content (AvgIpc) is 2.39. The third kappa shape index (κ3) is 3.09. The second-order valence-electron chi connectivity index (χ2n) is 3.88. The average molecular weight is 263 g/mol. The Morgan fingerprint density at radius 3 is 2.11 bits per heavy atom. The van der Waals surface area contributed by atoms with E-state index in [9.17, 15) is 4.79 Å². The molecule has 0 atom stereocenters. The summed E-state index contributed by atoms with van der Waals surface area (Å²) in [5.74, 6) is 5.59. The van der Waals surface area contributed by atoms with Gasteiger partial charge in [0.2, 0.25) is 0 Å². The summed E-state index contributed by atoms with van der Waals surface area (Å²) >= 11 is 0. The van der Waals surface area contributed by atoms with E-state index in [4.69, 9.17) is 5.84 Å². The van der Waals surface area contributed by atoms with Crippen LogP contribution < -0.4 is 10.9 Å². The smallest absolute Gasteiger partial charge is 0.267 e. The number of carbonyl (C=O) groups is 1. The van der Waals surface area contributed by atoms with E-state index in [-0.39, 0.29) is 18.3 Å². The van der Waals surface area contributed by atoms with Crippen molar-refractivity contribution >= 4 is 24.0 Å². The van der Waals surface area contributed by atoms with E-state index in [1.807, 2.05) is 49.4 Å². The number of hydrogen-bond donors (Lipinski definition) is 1. The van der Waals surface area contributed by atoms with Crippen LogP contribution in [0.2, 0.25) is 0 Å². The first-order valence-corrected chi connectivity index (χ1v) is 5.39. The summed E-state index contributed by atoms with van der Waals surface area (Å²) in [6, 6.07) is 16.5. The number of nitrogens with zero attached hydrogens (tertiary/aromatic N) is 1.